The smallest absolute Gasteiger partial charge is 0.149 e. The van der Waals surface area contributed by atoms with Gasteiger partial charge in [-0.1, -0.05) is 24.3 Å². The van der Waals surface area contributed by atoms with E-state index < -0.39 is 11.6 Å². The average molecular weight is 333 g/mol. The van der Waals surface area contributed by atoms with Crippen LogP contribution < -0.4 is 5.32 Å². The van der Waals surface area contributed by atoms with Crippen LogP contribution in [-0.2, 0) is 4.74 Å². The number of nitrogens with one attached hydrogen (secondary N) is 1. The minimum Gasteiger partial charge on any atom is -0.394 e. The first-order valence-corrected chi connectivity index (χ1v) is 8.52. The molecule has 5 atom stereocenters. The average Bonchev–Trinajstić information content (AvgIpc) is 2.61. The van der Waals surface area contributed by atoms with E-state index in [0.29, 0.717) is 11.3 Å². The Labute approximate surface area is 140 Å². The highest BCUT2D eigenvalue weighted by Gasteiger charge is 2.44. The molecule has 1 saturated heterocycles. The van der Waals surface area contributed by atoms with Gasteiger partial charge in [0.05, 0.1) is 24.5 Å². The van der Waals surface area contributed by atoms with Gasteiger partial charge in [0.25, 0.3) is 0 Å². The Hall–Kier alpha value is -1.72. The number of halogens is 2. The fourth-order valence-electron chi connectivity index (χ4n) is 4.25. The van der Waals surface area contributed by atoms with E-state index in [-0.39, 0.29) is 36.7 Å². The molecule has 3 aliphatic rings. The standard InChI is InChI=1S/C19H21F2NO2/c20-12-8-15-18(16(21)9-12)22-17(11-4-2-1-3-5-11)14-7-6-13(10-23)24-19(14)15/h1-4,8-9,11,13-14,17,19,22-23H,5-7,10H2/t11?,13-,14+,17+,19+/m1/s1. The number of aliphatic hydroxyl groups excluding tert-OH is 1. The van der Waals surface area contributed by atoms with Crippen LogP contribution >= 0.6 is 0 Å². The summed E-state index contributed by atoms with van der Waals surface area (Å²) >= 11 is 0. The summed E-state index contributed by atoms with van der Waals surface area (Å²) in [5, 5.41) is 12.8. The third-order valence-electron chi connectivity index (χ3n) is 5.39. The maximum absolute atomic E-state index is 14.4. The van der Waals surface area contributed by atoms with Gasteiger partial charge in [-0.3, -0.25) is 0 Å². The van der Waals surface area contributed by atoms with Crippen molar-refractivity contribution in [3.05, 3.63) is 53.6 Å². The minimum absolute atomic E-state index is 0.0308. The minimum atomic E-state index is -0.597. The lowest BCUT2D eigenvalue weighted by Crippen LogP contribution is -2.47. The molecular formula is C19H21F2NO2. The molecule has 2 heterocycles. The lowest BCUT2D eigenvalue weighted by atomic mass is 9.73. The van der Waals surface area contributed by atoms with E-state index in [1.54, 1.807) is 0 Å². The van der Waals surface area contributed by atoms with E-state index in [2.05, 4.69) is 17.5 Å². The van der Waals surface area contributed by atoms with E-state index in [9.17, 15) is 13.9 Å². The Morgan fingerprint density at radius 1 is 1.21 bits per heavy atom. The normalized spacial score (nSPS) is 34.4. The number of aliphatic hydroxyl groups is 1. The fraction of sp³-hybridized carbons (Fsp3) is 0.474. The maximum Gasteiger partial charge on any atom is 0.149 e. The number of allylic oxidation sites excluding steroid dienone is 3. The van der Waals surface area contributed by atoms with Gasteiger partial charge in [-0.25, -0.2) is 8.78 Å². The zero-order valence-electron chi connectivity index (χ0n) is 13.3. The number of hydrogen-bond acceptors (Lipinski definition) is 3. The molecule has 2 N–H and O–H groups in total. The topological polar surface area (TPSA) is 41.5 Å². The van der Waals surface area contributed by atoms with Gasteiger partial charge in [0.2, 0.25) is 0 Å². The highest BCUT2D eigenvalue weighted by atomic mass is 19.1. The molecule has 0 aromatic heterocycles. The second-order valence-corrected chi connectivity index (χ2v) is 6.84. The molecule has 24 heavy (non-hydrogen) atoms. The van der Waals surface area contributed by atoms with Crippen molar-refractivity contribution in [1.82, 2.24) is 0 Å². The molecule has 0 bridgehead atoms. The summed E-state index contributed by atoms with van der Waals surface area (Å²) in [6.07, 6.45) is 10.1. The predicted molar refractivity (Wildman–Crippen MR) is 87.6 cm³/mol. The number of rotatable bonds is 2. The van der Waals surface area contributed by atoms with Crippen molar-refractivity contribution in [3.8, 4) is 0 Å². The highest BCUT2D eigenvalue weighted by molar-refractivity contribution is 5.57. The van der Waals surface area contributed by atoms with Crippen LogP contribution in [0, 0.1) is 23.5 Å². The van der Waals surface area contributed by atoms with Crippen molar-refractivity contribution in [2.24, 2.45) is 11.8 Å². The third kappa shape index (κ3) is 2.66. The molecule has 0 spiro atoms. The summed E-state index contributed by atoms with van der Waals surface area (Å²) in [4.78, 5) is 0. The molecule has 1 aliphatic carbocycles. The largest absolute Gasteiger partial charge is 0.394 e. The molecule has 128 valence electrons. The molecule has 1 aromatic rings. The van der Waals surface area contributed by atoms with Crippen LogP contribution in [0.5, 0.6) is 0 Å². The molecule has 1 unspecified atom stereocenters. The number of hydrogen-bond donors (Lipinski definition) is 2. The summed E-state index contributed by atoms with van der Waals surface area (Å²) in [6, 6.07) is 2.30. The van der Waals surface area contributed by atoms with Gasteiger partial charge in [0.15, 0.2) is 0 Å². The quantitative estimate of drug-likeness (QED) is 0.867. The summed E-state index contributed by atoms with van der Waals surface area (Å²) < 4.78 is 34.2. The predicted octanol–water partition coefficient (Wildman–Crippen LogP) is 3.72. The molecule has 1 aromatic carbocycles. The van der Waals surface area contributed by atoms with E-state index in [4.69, 9.17) is 4.74 Å². The Bertz CT molecular complexity index is 688. The van der Waals surface area contributed by atoms with E-state index in [1.165, 1.54) is 6.07 Å². The Kier molecular flexibility index (Phi) is 4.14. The summed E-state index contributed by atoms with van der Waals surface area (Å²) in [5.41, 5.74) is 0.867. The van der Waals surface area contributed by atoms with Crippen molar-refractivity contribution in [2.75, 3.05) is 11.9 Å². The van der Waals surface area contributed by atoms with Gasteiger partial charge in [-0.15, -0.1) is 0 Å². The van der Waals surface area contributed by atoms with Crippen molar-refractivity contribution >= 4 is 5.69 Å². The SMILES string of the molecule is OC[C@H]1CC[C@@H]2[C@H](O1)c1cc(F)cc(F)c1N[C@H]2C1C=CC=CC1. The zero-order valence-corrected chi connectivity index (χ0v) is 13.3. The van der Waals surface area contributed by atoms with Gasteiger partial charge in [-0.05, 0) is 25.3 Å². The maximum atomic E-state index is 14.4. The van der Waals surface area contributed by atoms with Gasteiger partial charge in [0, 0.05) is 29.5 Å². The van der Waals surface area contributed by atoms with Crippen molar-refractivity contribution in [1.29, 1.82) is 0 Å². The van der Waals surface area contributed by atoms with E-state index in [0.717, 1.165) is 25.3 Å². The Morgan fingerprint density at radius 3 is 2.83 bits per heavy atom. The monoisotopic (exact) mass is 333 g/mol. The second kappa shape index (κ2) is 6.30. The molecule has 4 rings (SSSR count). The Morgan fingerprint density at radius 2 is 2.08 bits per heavy atom. The second-order valence-electron chi connectivity index (χ2n) is 6.84. The van der Waals surface area contributed by atoms with Crippen LogP contribution in [0.4, 0.5) is 14.5 Å². The molecule has 0 saturated carbocycles. The van der Waals surface area contributed by atoms with Gasteiger partial charge < -0.3 is 15.2 Å². The van der Waals surface area contributed by atoms with Crippen molar-refractivity contribution in [2.45, 2.75) is 37.5 Å². The van der Waals surface area contributed by atoms with Crippen LogP contribution in [0.3, 0.4) is 0 Å². The number of ether oxygens (including phenoxy) is 1. The molecule has 2 aliphatic heterocycles. The van der Waals surface area contributed by atoms with Crippen molar-refractivity contribution < 1.29 is 18.6 Å². The van der Waals surface area contributed by atoms with E-state index in [1.807, 2.05) is 12.2 Å². The van der Waals surface area contributed by atoms with Crippen molar-refractivity contribution in [3.63, 3.8) is 0 Å². The van der Waals surface area contributed by atoms with E-state index >= 15 is 0 Å². The van der Waals surface area contributed by atoms with Gasteiger partial charge >= 0.3 is 0 Å². The van der Waals surface area contributed by atoms with Crippen LogP contribution in [-0.4, -0.2) is 23.9 Å². The fourth-order valence-corrected chi connectivity index (χ4v) is 4.25. The van der Waals surface area contributed by atoms with Gasteiger partial charge in [-0.2, -0.15) is 0 Å². The molecular weight excluding hydrogens is 312 g/mol. The first-order chi connectivity index (χ1) is 11.7. The van der Waals surface area contributed by atoms with Gasteiger partial charge in [0.1, 0.15) is 11.6 Å². The van der Waals surface area contributed by atoms with Crippen LogP contribution in [0.2, 0.25) is 0 Å². The molecule has 3 nitrogen and oxygen atoms in total. The lowest BCUT2D eigenvalue weighted by Gasteiger charge is -2.47. The first-order valence-electron chi connectivity index (χ1n) is 8.52. The summed E-state index contributed by atoms with van der Waals surface area (Å²) in [5.74, 6) is -0.809. The molecule has 1 fully saturated rings. The zero-order chi connectivity index (χ0) is 16.7. The molecule has 5 heteroatoms. The first kappa shape index (κ1) is 15.8. The Balaban J connectivity index is 1.74. The number of fused-ring (bicyclic) bond motifs is 3. The van der Waals surface area contributed by atoms with Crippen LogP contribution in [0.15, 0.2) is 36.4 Å². The summed E-state index contributed by atoms with van der Waals surface area (Å²) in [7, 11) is 0. The van der Waals surface area contributed by atoms with Crippen LogP contribution in [0.25, 0.3) is 0 Å². The molecule has 0 amide bonds. The number of anilines is 1. The van der Waals surface area contributed by atoms with Crippen LogP contribution in [0.1, 0.15) is 30.9 Å². The highest BCUT2D eigenvalue weighted by Crippen LogP contribution is 2.48. The summed E-state index contributed by atoms with van der Waals surface area (Å²) in [6.45, 7) is -0.0689. The third-order valence-corrected chi connectivity index (χ3v) is 5.39. The lowest BCUT2D eigenvalue weighted by molar-refractivity contribution is -0.112. The molecule has 0 radical (unpaired) electrons. The number of benzene rings is 1.